The lowest BCUT2D eigenvalue weighted by atomic mass is 10.2. The Kier molecular flexibility index (Phi) is 8.96. The molecule has 0 aliphatic heterocycles. The van der Waals surface area contributed by atoms with Gasteiger partial charge in [-0.3, -0.25) is 14.4 Å². The molecule has 0 aliphatic rings. The largest absolute Gasteiger partial charge is 0.481 e. The minimum atomic E-state index is -0.741. The van der Waals surface area contributed by atoms with Crippen molar-refractivity contribution in [2.24, 2.45) is 11.8 Å². The predicted molar refractivity (Wildman–Crippen MR) is 57.1 cm³/mol. The Labute approximate surface area is 91.0 Å². The number of carboxylic acids is 1. The summed E-state index contributed by atoms with van der Waals surface area (Å²) >= 11 is 0. The van der Waals surface area contributed by atoms with Gasteiger partial charge in [0.15, 0.2) is 0 Å². The van der Waals surface area contributed by atoms with Crippen molar-refractivity contribution in [1.82, 2.24) is 5.06 Å². The minimum Gasteiger partial charge on any atom is -0.481 e. The number of carboxylic acid groups (broad SMARTS) is 1. The van der Waals surface area contributed by atoms with Gasteiger partial charge in [-0.25, -0.2) is 5.06 Å². The van der Waals surface area contributed by atoms with Crippen LogP contribution in [0.15, 0.2) is 0 Å². The number of hydrogen-bond acceptors (Lipinski definition) is 3. The molecule has 0 spiro atoms. The molecule has 0 atom stereocenters. The van der Waals surface area contributed by atoms with Gasteiger partial charge in [-0.15, -0.1) is 0 Å². The highest BCUT2D eigenvalue weighted by atomic mass is 16.7. The first-order valence-corrected chi connectivity index (χ1v) is 4.78. The van der Waals surface area contributed by atoms with Crippen LogP contribution in [0.2, 0.25) is 0 Å². The minimum absolute atomic E-state index is 0.00231. The van der Waals surface area contributed by atoms with Crippen LogP contribution in [0.4, 0.5) is 0 Å². The molecule has 0 unspecified atom stereocenters. The molecule has 0 saturated carbocycles. The van der Waals surface area contributed by atoms with E-state index in [4.69, 9.17) is 5.11 Å². The molecule has 0 heterocycles. The fourth-order valence-corrected chi connectivity index (χ4v) is 0.454. The molecule has 0 rings (SSSR count). The SMILES string of the molecule is CC(C)C(=O)O.CON(C)C(=O)C(C)C. The van der Waals surface area contributed by atoms with Crippen LogP contribution in [0, 0.1) is 11.8 Å². The number of hydroxylamine groups is 2. The predicted octanol–water partition coefficient (Wildman–Crippen LogP) is 1.39. The van der Waals surface area contributed by atoms with Gasteiger partial charge < -0.3 is 5.11 Å². The molecule has 0 aromatic carbocycles. The summed E-state index contributed by atoms with van der Waals surface area (Å²) < 4.78 is 0. The highest BCUT2D eigenvalue weighted by Crippen LogP contribution is 1.97. The molecule has 0 bridgehead atoms. The summed E-state index contributed by atoms with van der Waals surface area (Å²) in [5.74, 6) is -0.965. The molecule has 1 amide bonds. The molecule has 90 valence electrons. The molecule has 1 N–H and O–H groups in total. The van der Waals surface area contributed by atoms with E-state index in [1.807, 2.05) is 13.8 Å². The van der Waals surface area contributed by atoms with E-state index in [1.165, 1.54) is 12.2 Å². The van der Waals surface area contributed by atoms with Crippen molar-refractivity contribution >= 4 is 11.9 Å². The smallest absolute Gasteiger partial charge is 0.305 e. The summed E-state index contributed by atoms with van der Waals surface area (Å²) in [6.07, 6.45) is 0. The molecular weight excluding hydrogens is 198 g/mol. The Bertz CT molecular complexity index is 202. The first kappa shape index (κ1) is 16.3. The Morgan fingerprint density at radius 3 is 1.53 bits per heavy atom. The molecular formula is C10H21NO4. The van der Waals surface area contributed by atoms with E-state index in [0.717, 1.165) is 0 Å². The molecule has 0 radical (unpaired) electrons. The average molecular weight is 219 g/mol. The van der Waals surface area contributed by atoms with Gasteiger partial charge in [0.05, 0.1) is 13.0 Å². The second kappa shape index (κ2) is 8.23. The van der Waals surface area contributed by atoms with Crippen molar-refractivity contribution in [1.29, 1.82) is 0 Å². The molecule has 15 heavy (non-hydrogen) atoms. The summed E-state index contributed by atoms with van der Waals surface area (Å²) in [5.41, 5.74) is 0. The zero-order valence-electron chi connectivity index (χ0n) is 10.3. The van der Waals surface area contributed by atoms with E-state index < -0.39 is 5.97 Å². The normalized spacial score (nSPS) is 9.60. The topological polar surface area (TPSA) is 66.8 Å². The summed E-state index contributed by atoms with van der Waals surface area (Å²) in [6, 6.07) is 0. The van der Waals surface area contributed by atoms with Crippen LogP contribution < -0.4 is 0 Å². The van der Waals surface area contributed by atoms with Gasteiger partial charge in [0.25, 0.3) is 0 Å². The maximum atomic E-state index is 10.9. The fourth-order valence-electron chi connectivity index (χ4n) is 0.454. The Morgan fingerprint density at radius 2 is 1.47 bits per heavy atom. The van der Waals surface area contributed by atoms with Gasteiger partial charge in [0, 0.05) is 13.0 Å². The first-order valence-electron chi connectivity index (χ1n) is 4.78. The number of nitrogens with zero attached hydrogens (tertiary/aromatic N) is 1. The van der Waals surface area contributed by atoms with E-state index >= 15 is 0 Å². The molecule has 0 fully saturated rings. The third-order valence-electron chi connectivity index (χ3n) is 1.57. The highest BCUT2D eigenvalue weighted by molar-refractivity contribution is 5.76. The van der Waals surface area contributed by atoms with E-state index in [0.29, 0.717) is 0 Å². The van der Waals surface area contributed by atoms with Crippen molar-refractivity contribution in [3.8, 4) is 0 Å². The molecule has 0 aromatic heterocycles. The zero-order chi connectivity index (χ0) is 12.6. The van der Waals surface area contributed by atoms with Crippen molar-refractivity contribution in [2.75, 3.05) is 14.2 Å². The zero-order valence-corrected chi connectivity index (χ0v) is 10.3. The summed E-state index contributed by atoms with van der Waals surface area (Å²) in [6.45, 7) is 6.94. The van der Waals surface area contributed by atoms with Crippen LogP contribution in [0.3, 0.4) is 0 Å². The number of carbonyl (C=O) groups is 2. The van der Waals surface area contributed by atoms with Gasteiger partial charge in [-0.2, -0.15) is 0 Å². The van der Waals surface area contributed by atoms with Crippen LogP contribution in [-0.4, -0.2) is 36.2 Å². The number of aliphatic carboxylic acids is 1. The third-order valence-corrected chi connectivity index (χ3v) is 1.57. The van der Waals surface area contributed by atoms with Crippen LogP contribution in [0.1, 0.15) is 27.7 Å². The molecule has 5 heteroatoms. The van der Waals surface area contributed by atoms with Gasteiger partial charge in [0.1, 0.15) is 0 Å². The lowest BCUT2D eigenvalue weighted by Crippen LogP contribution is -2.29. The van der Waals surface area contributed by atoms with Crippen molar-refractivity contribution in [3.63, 3.8) is 0 Å². The lowest BCUT2D eigenvalue weighted by Gasteiger charge is -2.15. The number of rotatable bonds is 3. The monoisotopic (exact) mass is 219 g/mol. The van der Waals surface area contributed by atoms with E-state index in [9.17, 15) is 9.59 Å². The van der Waals surface area contributed by atoms with Crippen molar-refractivity contribution in [3.05, 3.63) is 0 Å². The Hall–Kier alpha value is -1.10. The van der Waals surface area contributed by atoms with Crippen LogP contribution in [0.5, 0.6) is 0 Å². The summed E-state index contributed by atoms with van der Waals surface area (Å²) in [4.78, 5) is 25.2. The highest BCUT2D eigenvalue weighted by Gasteiger charge is 2.11. The number of amides is 1. The lowest BCUT2D eigenvalue weighted by molar-refractivity contribution is -0.172. The summed E-state index contributed by atoms with van der Waals surface area (Å²) in [7, 11) is 3.07. The van der Waals surface area contributed by atoms with Crippen LogP contribution in [0.25, 0.3) is 0 Å². The second-order valence-corrected chi connectivity index (χ2v) is 3.67. The summed E-state index contributed by atoms with van der Waals surface area (Å²) in [5, 5.41) is 9.22. The standard InChI is InChI=1S/C6H13NO2.C4H8O2/c1-5(2)6(8)7(3)9-4;1-3(2)4(5)6/h5H,1-4H3;3H,1-2H3,(H,5,6). The van der Waals surface area contributed by atoms with Crippen molar-refractivity contribution in [2.45, 2.75) is 27.7 Å². The van der Waals surface area contributed by atoms with Crippen LogP contribution >= 0.6 is 0 Å². The van der Waals surface area contributed by atoms with Gasteiger partial charge in [-0.1, -0.05) is 27.7 Å². The number of carbonyl (C=O) groups excluding carboxylic acids is 1. The average Bonchev–Trinajstić information content (AvgIpc) is 2.16. The fraction of sp³-hybridized carbons (Fsp3) is 0.800. The van der Waals surface area contributed by atoms with E-state index in [2.05, 4.69) is 4.84 Å². The van der Waals surface area contributed by atoms with Gasteiger partial charge in [-0.05, 0) is 0 Å². The first-order chi connectivity index (χ1) is 6.73. The molecule has 0 aromatic rings. The van der Waals surface area contributed by atoms with Gasteiger partial charge in [0.2, 0.25) is 5.91 Å². The Balaban J connectivity index is 0. The van der Waals surface area contributed by atoms with Crippen molar-refractivity contribution < 1.29 is 19.5 Å². The molecule has 0 saturated heterocycles. The van der Waals surface area contributed by atoms with E-state index in [1.54, 1.807) is 20.9 Å². The van der Waals surface area contributed by atoms with E-state index in [-0.39, 0.29) is 17.7 Å². The Morgan fingerprint density at radius 1 is 1.13 bits per heavy atom. The number of hydrogen-bond donors (Lipinski definition) is 1. The second-order valence-electron chi connectivity index (χ2n) is 3.67. The maximum absolute atomic E-state index is 10.9. The molecule has 0 aliphatic carbocycles. The van der Waals surface area contributed by atoms with Crippen LogP contribution in [-0.2, 0) is 14.4 Å². The van der Waals surface area contributed by atoms with Gasteiger partial charge >= 0.3 is 5.97 Å². The quantitative estimate of drug-likeness (QED) is 0.728. The third kappa shape index (κ3) is 9.21. The maximum Gasteiger partial charge on any atom is 0.305 e. The molecule has 5 nitrogen and oxygen atoms in total.